The number of halogens is 1. The summed E-state index contributed by atoms with van der Waals surface area (Å²) in [7, 11) is -3.40. The smallest absolute Gasteiger partial charge is 0.279 e. The van der Waals surface area contributed by atoms with Crippen LogP contribution in [0.15, 0.2) is 12.1 Å². The second-order valence-corrected chi connectivity index (χ2v) is 8.44. The van der Waals surface area contributed by atoms with Crippen LogP contribution in [0, 0.1) is 5.92 Å². The van der Waals surface area contributed by atoms with Gasteiger partial charge in [0, 0.05) is 31.1 Å². The highest BCUT2D eigenvalue weighted by Crippen LogP contribution is 2.22. The quantitative estimate of drug-likeness (QED) is 0.825. The summed E-state index contributed by atoms with van der Waals surface area (Å²) in [6, 6.07) is 3.73. The first-order chi connectivity index (χ1) is 9.51. The monoisotopic (exact) mass is 338 g/mol. The van der Waals surface area contributed by atoms with Gasteiger partial charge in [-0.15, -0.1) is 11.3 Å². The average Bonchev–Trinajstić information content (AvgIpc) is 2.84. The second kappa shape index (κ2) is 7.20. The Bertz CT molecular complexity index is 525. The summed E-state index contributed by atoms with van der Waals surface area (Å²) in [5.41, 5.74) is 0. The van der Waals surface area contributed by atoms with Gasteiger partial charge in [0.1, 0.15) is 0 Å². The lowest BCUT2D eigenvalue weighted by molar-refractivity contribution is 0.169. The Morgan fingerprint density at radius 3 is 2.65 bits per heavy atom. The van der Waals surface area contributed by atoms with Crippen LogP contribution in [0.1, 0.15) is 17.7 Å². The molecule has 1 aromatic rings. The molecule has 0 spiro atoms. The zero-order valence-electron chi connectivity index (χ0n) is 11.1. The Labute approximate surface area is 128 Å². The molecule has 0 aromatic carbocycles. The zero-order chi connectivity index (χ0) is 14.6. The normalized spacial score (nSPS) is 18.5. The van der Waals surface area contributed by atoms with Gasteiger partial charge in [0.15, 0.2) is 0 Å². The number of hydrogen-bond acceptors (Lipinski definition) is 4. The molecule has 1 fully saturated rings. The molecule has 0 atom stereocenters. The molecule has 8 heteroatoms. The highest BCUT2D eigenvalue weighted by molar-refractivity contribution is 7.87. The number of aliphatic hydroxyl groups is 1. The van der Waals surface area contributed by atoms with Crippen LogP contribution >= 0.6 is 22.9 Å². The van der Waals surface area contributed by atoms with Crippen molar-refractivity contribution in [3.63, 3.8) is 0 Å². The minimum Gasteiger partial charge on any atom is -0.396 e. The first kappa shape index (κ1) is 16.2. The van der Waals surface area contributed by atoms with Crippen LogP contribution in [0.2, 0.25) is 4.34 Å². The molecule has 1 aromatic heterocycles. The molecular formula is C12H19ClN2O3S2. The predicted octanol–water partition coefficient (Wildman–Crippen LogP) is 1.48. The fourth-order valence-electron chi connectivity index (χ4n) is 2.21. The summed E-state index contributed by atoms with van der Waals surface area (Å²) in [6.07, 6.45) is 2.08. The second-order valence-electron chi connectivity index (χ2n) is 4.88. The number of aliphatic hydroxyl groups excluding tert-OH is 1. The molecule has 2 N–H and O–H groups in total. The summed E-state index contributed by atoms with van der Waals surface area (Å²) < 4.78 is 29.0. The third-order valence-electron chi connectivity index (χ3n) is 3.46. The van der Waals surface area contributed by atoms with Crippen LogP contribution in [0.3, 0.4) is 0 Å². The van der Waals surface area contributed by atoms with Gasteiger partial charge < -0.3 is 5.11 Å². The predicted molar refractivity (Wildman–Crippen MR) is 81.3 cm³/mol. The first-order valence-corrected chi connectivity index (χ1v) is 9.24. The van der Waals surface area contributed by atoms with Gasteiger partial charge >= 0.3 is 0 Å². The molecule has 20 heavy (non-hydrogen) atoms. The molecule has 0 aliphatic carbocycles. The van der Waals surface area contributed by atoms with Crippen molar-refractivity contribution >= 4 is 33.1 Å². The largest absolute Gasteiger partial charge is 0.396 e. The molecule has 0 radical (unpaired) electrons. The van der Waals surface area contributed by atoms with Gasteiger partial charge in [0.25, 0.3) is 10.2 Å². The van der Waals surface area contributed by atoms with Gasteiger partial charge in [-0.05, 0) is 37.3 Å². The van der Waals surface area contributed by atoms with Gasteiger partial charge in [0.2, 0.25) is 0 Å². The van der Waals surface area contributed by atoms with Gasteiger partial charge in [-0.25, -0.2) is 4.72 Å². The topological polar surface area (TPSA) is 69.6 Å². The van der Waals surface area contributed by atoms with Crippen LogP contribution in [0.5, 0.6) is 0 Å². The molecule has 114 valence electrons. The van der Waals surface area contributed by atoms with Crippen LogP contribution in [0.4, 0.5) is 0 Å². The number of rotatable bonds is 6. The van der Waals surface area contributed by atoms with Crippen molar-refractivity contribution in [2.24, 2.45) is 5.92 Å². The molecule has 0 saturated carbocycles. The van der Waals surface area contributed by atoms with Crippen LogP contribution in [-0.2, 0) is 16.6 Å². The SMILES string of the molecule is O=S(=O)(NCCc1ccc(Cl)s1)N1CCC(CO)CC1. The third kappa shape index (κ3) is 4.41. The van der Waals surface area contributed by atoms with E-state index in [2.05, 4.69) is 4.72 Å². The van der Waals surface area contributed by atoms with Crippen molar-refractivity contribution in [2.45, 2.75) is 19.3 Å². The van der Waals surface area contributed by atoms with Crippen LogP contribution in [-0.4, -0.2) is 44.1 Å². The molecule has 0 amide bonds. The molecule has 1 aliphatic rings. The maximum atomic E-state index is 12.1. The first-order valence-electron chi connectivity index (χ1n) is 6.61. The highest BCUT2D eigenvalue weighted by atomic mass is 35.5. The summed E-state index contributed by atoms with van der Waals surface area (Å²) in [4.78, 5) is 1.07. The zero-order valence-corrected chi connectivity index (χ0v) is 13.5. The lowest BCUT2D eigenvalue weighted by atomic mass is 10.00. The molecule has 0 bridgehead atoms. The van der Waals surface area contributed by atoms with E-state index in [9.17, 15) is 8.42 Å². The number of hydrogen-bond donors (Lipinski definition) is 2. The van der Waals surface area contributed by atoms with E-state index >= 15 is 0 Å². The summed E-state index contributed by atoms with van der Waals surface area (Å²) in [6.45, 7) is 1.47. The minimum absolute atomic E-state index is 0.139. The maximum absolute atomic E-state index is 12.1. The van der Waals surface area contributed by atoms with E-state index in [1.54, 1.807) is 0 Å². The maximum Gasteiger partial charge on any atom is 0.279 e. The molecule has 2 heterocycles. The Hall–Kier alpha value is -0.180. The third-order valence-corrected chi connectivity index (χ3v) is 6.36. The fourth-order valence-corrected chi connectivity index (χ4v) is 4.53. The van der Waals surface area contributed by atoms with E-state index < -0.39 is 10.2 Å². The molecular weight excluding hydrogens is 320 g/mol. The molecule has 1 saturated heterocycles. The standard InChI is InChI=1S/C12H19ClN2O3S2/c13-12-2-1-11(19-12)3-6-14-20(17,18)15-7-4-10(9-16)5-8-15/h1-2,10,14,16H,3-9H2. The lowest BCUT2D eigenvalue weighted by Crippen LogP contribution is -2.45. The lowest BCUT2D eigenvalue weighted by Gasteiger charge is -2.30. The van der Waals surface area contributed by atoms with Gasteiger partial charge in [0.05, 0.1) is 4.34 Å². The van der Waals surface area contributed by atoms with Crippen molar-refractivity contribution in [1.29, 1.82) is 0 Å². The van der Waals surface area contributed by atoms with E-state index in [1.165, 1.54) is 15.6 Å². The van der Waals surface area contributed by atoms with Crippen molar-refractivity contribution < 1.29 is 13.5 Å². The van der Waals surface area contributed by atoms with Crippen molar-refractivity contribution in [3.8, 4) is 0 Å². The fraction of sp³-hybridized carbons (Fsp3) is 0.667. The Morgan fingerprint density at radius 1 is 1.40 bits per heavy atom. The van der Waals surface area contributed by atoms with Crippen molar-refractivity contribution in [2.75, 3.05) is 26.2 Å². The molecule has 0 unspecified atom stereocenters. The number of nitrogens with one attached hydrogen (secondary N) is 1. The van der Waals surface area contributed by atoms with Gasteiger partial charge in [-0.2, -0.15) is 12.7 Å². The van der Waals surface area contributed by atoms with E-state index in [0.717, 1.165) is 17.7 Å². The van der Waals surface area contributed by atoms with Gasteiger partial charge in [-0.3, -0.25) is 0 Å². The van der Waals surface area contributed by atoms with E-state index in [-0.39, 0.29) is 12.5 Å². The number of piperidine rings is 1. The molecule has 1 aliphatic heterocycles. The summed E-state index contributed by atoms with van der Waals surface area (Å²) >= 11 is 7.30. The Balaban J connectivity index is 1.79. The van der Waals surface area contributed by atoms with E-state index in [0.29, 0.717) is 30.4 Å². The molecule has 2 rings (SSSR count). The Kier molecular flexibility index (Phi) is 5.83. The number of nitrogens with zero attached hydrogens (tertiary/aromatic N) is 1. The summed E-state index contributed by atoms with van der Waals surface area (Å²) in [5.74, 6) is 0.231. The van der Waals surface area contributed by atoms with E-state index in [1.807, 2.05) is 12.1 Å². The van der Waals surface area contributed by atoms with Crippen LogP contribution in [0.25, 0.3) is 0 Å². The highest BCUT2D eigenvalue weighted by Gasteiger charge is 2.27. The van der Waals surface area contributed by atoms with Crippen molar-refractivity contribution in [3.05, 3.63) is 21.3 Å². The molecule has 5 nitrogen and oxygen atoms in total. The average molecular weight is 339 g/mol. The van der Waals surface area contributed by atoms with E-state index in [4.69, 9.17) is 16.7 Å². The van der Waals surface area contributed by atoms with Crippen LogP contribution < -0.4 is 4.72 Å². The minimum atomic E-state index is -3.40. The number of thiophene rings is 1. The van der Waals surface area contributed by atoms with Gasteiger partial charge in [-0.1, -0.05) is 11.6 Å². The summed E-state index contributed by atoms with van der Waals surface area (Å²) in [5, 5.41) is 9.06. The Morgan fingerprint density at radius 2 is 2.10 bits per heavy atom. The van der Waals surface area contributed by atoms with Crippen molar-refractivity contribution in [1.82, 2.24) is 9.03 Å².